The minimum atomic E-state index is 0.0439. The van der Waals surface area contributed by atoms with E-state index in [-0.39, 0.29) is 5.78 Å². The van der Waals surface area contributed by atoms with Gasteiger partial charge in [-0.25, -0.2) is 0 Å². The van der Waals surface area contributed by atoms with E-state index in [1.165, 1.54) is 16.6 Å². The van der Waals surface area contributed by atoms with E-state index in [4.69, 9.17) is 0 Å². The van der Waals surface area contributed by atoms with Gasteiger partial charge in [-0.05, 0) is 35.7 Å². The van der Waals surface area contributed by atoms with Crippen LogP contribution in [0.3, 0.4) is 0 Å². The lowest BCUT2D eigenvalue weighted by atomic mass is 10.3. The molecule has 0 bridgehead atoms. The highest BCUT2D eigenvalue weighted by Gasteiger charge is 2.17. The molecule has 0 aliphatic rings. The van der Waals surface area contributed by atoms with E-state index in [0.29, 0.717) is 17.9 Å². The van der Waals surface area contributed by atoms with Crippen LogP contribution in [0.25, 0.3) is 5.69 Å². The van der Waals surface area contributed by atoms with Crippen molar-refractivity contribution in [3.63, 3.8) is 0 Å². The van der Waals surface area contributed by atoms with E-state index < -0.39 is 0 Å². The summed E-state index contributed by atoms with van der Waals surface area (Å²) < 4.78 is 2.03. The van der Waals surface area contributed by atoms with Crippen molar-refractivity contribution in [3.8, 4) is 5.69 Å². The maximum atomic E-state index is 12.3. The smallest absolute Gasteiger partial charge is 0.196 e. The first-order valence-electron chi connectivity index (χ1n) is 8.13. The quantitative estimate of drug-likeness (QED) is 0.385. The van der Waals surface area contributed by atoms with Crippen LogP contribution in [0.1, 0.15) is 21.2 Å². The Bertz CT molecular complexity index is 976. The standard InChI is InChI=1S/C19H16N4OS2/c24-17(16-9-4-10-20-16)13-26-19-22-21-18(12-15-8-5-11-25-15)23(19)14-6-2-1-3-7-14/h1-11,20H,12-13H2. The molecule has 130 valence electrons. The second-order valence-electron chi connectivity index (χ2n) is 5.62. The average Bonchev–Trinajstić information content (AvgIpc) is 3.43. The molecule has 0 aliphatic heterocycles. The van der Waals surface area contributed by atoms with Gasteiger partial charge in [0, 0.05) is 23.2 Å². The number of para-hydroxylation sites is 1. The zero-order chi connectivity index (χ0) is 17.8. The number of hydrogen-bond acceptors (Lipinski definition) is 5. The molecule has 0 spiro atoms. The second kappa shape index (κ2) is 7.72. The molecule has 0 radical (unpaired) electrons. The van der Waals surface area contributed by atoms with Crippen molar-refractivity contribution in [2.75, 3.05) is 5.75 Å². The van der Waals surface area contributed by atoms with E-state index in [9.17, 15) is 4.79 Å². The fourth-order valence-electron chi connectivity index (χ4n) is 2.63. The zero-order valence-electron chi connectivity index (χ0n) is 13.8. The van der Waals surface area contributed by atoms with Gasteiger partial charge in [-0.2, -0.15) is 0 Å². The molecule has 0 atom stereocenters. The first-order valence-corrected chi connectivity index (χ1v) is 9.99. The number of thioether (sulfide) groups is 1. The summed E-state index contributed by atoms with van der Waals surface area (Å²) >= 11 is 3.11. The third kappa shape index (κ3) is 3.63. The van der Waals surface area contributed by atoms with Crippen LogP contribution >= 0.6 is 23.1 Å². The Morgan fingerprint density at radius 1 is 1.08 bits per heavy atom. The zero-order valence-corrected chi connectivity index (χ0v) is 15.5. The van der Waals surface area contributed by atoms with Crippen LogP contribution in [0, 0.1) is 0 Å². The van der Waals surface area contributed by atoms with Gasteiger partial charge >= 0.3 is 0 Å². The summed E-state index contributed by atoms with van der Waals surface area (Å²) in [5.41, 5.74) is 1.61. The molecular weight excluding hydrogens is 364 g/mol. The number of thiophene rings is 1. The Balaban J connectivity index is 1.61. The number of H-pyrrole nitrogens is 1. The summed E-state index contributed by atoms with van der Waals surface area (Å²) in [5.74, 6) is 1.22. The Morgan fingerprint density at radius 2 is 1.96 bits per heavy atom. The molecule has 0 unspecified atom stereocenters. The van der Waals surface area contributed by atoms with Gasteiger partial charge in [-0.15, -0.1) is 21.5 Å². The number of benzene rings is 1. The van der Waals surface area contributed by atoms with Gasteiger partial charge in [0.1, 0.15) is 5.82 Å². The largest absolute Gasteiger partial charge is 0.359 e. The predicted octanol–water partition coefficient (Wildman–Crippen LogP) is 4.22. The third-order valence-corrected chi connectivity index (χ3v) is 5.66. The van der Waals surface area contributed by atoms with Crippen molar-refractivity contribution < 1.29 is 4.79 Å². The highest BCUT2D eigenvalue weighted by molar-refractivity contribution is 7.99. The molecule has 4 aromatic rings. The molecule has 1 N–H and O–H groups in total. The molecule has 0 amide bonds. The van der Waals surface area contributed by atoms with Crippen LogP contribution in [0.4, 0.5) is 0 Å². The van der Waals surface area contributed by atoms with Gasteiger partial charge in [0.15, 0.2) is 10.9 Å². The van der Waals surface area contributed by atoms with Gasteiger partial charge in [0.25, 0.3) is 0 Å². The van der Waals surface area contributed by atoms with Crippen molar-refractivity contribution in [2.45, 2.75) is 11.6 Å². The number of rotatable bonds is 7. The lowest BCUT2D eigenvalue weighted by Crippen LogP contribution is -2.06. The molecule has 1 aromatic carbocycles. The van der Waals surface area contributed by atoms with E-state index in [1.807, 2.05) is 47.0 Å². The molecule has 0 saturated heterocycles. The number of hydrogen-bond donors (Lipinski definition) is 1. The predicted molar refractivity (Wildman–Crippen MR) is 104 cm³/mol. The first-order chi connectivity index (χ1) is 12.8. The minimum absolute atomic E-state index is 0.0439. The Hall–Kier alpha value is -2.64. The SMILES string of the molecule is O=C(CSc1nnc(Cc2cccs2)n1-c1ccccc1)c1ccc[nH]1. The summed E-state index contributed by atoms with van der Waals surface area (Å²) in [6.45, 7) is 0. The molecule has 7 heteroatoms. The third-order valence-electron chi connectivity index (χ3n) is 3.86. The molecule has 26 heavy (non-hydrogen) atoms. The number of carbonyl (C=O) groups excluding carboxylic acids is 1. The van der Waals surface area contributed by atoms with E-state index >= 15 is 0 Å². The number of ketones is 1. The van der Waals surface area contributed by atoms with Crippen molar-refractivity contribution in [3.05, 3.63) is 82.6 Å². The maximum Gasteiger partial charge on any atom is 0.196 e. The van der Waals surface area contributed by atoms with Crippen molar-refractivity contribution in [1.29, 1.82) is 0 Å². The van der Waals surface area contributed by atoms with Crippen LogP contribution < -0.4 is 0 Å². The highest BCUT2D eigenvalue weighted by Crippen LogP contribution is 2.25. The summed E-state index contributed by atoms with van der Waals surface area (Å²) in [5, 5.41) is 11.5. The second-order valence-corrected chi connectivity index (χ2v) is 7.60. The molecule has 3 aromatic heterocycles. The summed E-state index contributed by atoms with van der Waals surface area (Å²) in [7, 11) is 0. The van der Waals surface area contributed by atoms with Crippen LogP contribution in [-0.4, -0.2) is 31.3 Å². The fourth-order valence-corrected chi connectivity index (χ4v) is 4.18. The van der Waals surface area contributed by atoms with Gasteiger partial charge in [0.2, 0.25) is 0 Å². The first kappa shape index (κ1) is 16.8. The Kier molecular flexibility index (Phi) is 4.99. The van der Waals surface area contributed by atoms with Crippen LogP contribution in [-0.2, 0) is 6.42 Å². The lowest BCUT2D eigenvalue weighted by Gasteiger charge is -2.09. The van der Waals surface area contributed by atoms with Crippen LogP contribution in [0.15, 0.2) is 71.3 Å². The monoisotopic (exact) mass is 380 g/mol. The Labute approximate surface area is 159 Å². The van der Waals surface area contributed by atoms with E-state index in [2.05, 4.69) is 26.6 Å². The van der Waals surface area contributed by atoms with Crippen molar-refractivity contribution in [1.82, 2.24) is 19.7 Å². The molecule has 0 aliphatic carbocycles. The summed E-state index contributed by atoms with van der Waals surface area (Å²) in [6.07, 6.45) is 2.47. The van der Waals surface area contributed by atoms with Crippen molar-refractivity contribution >= 4 is 28.9 Å². The normalized spacial score (nSPS) is 10.9. The number of aromatic nitrogens is 4. The van der Waals surface area contributed by atoms with E-state index in [0.717, 1.165) is 16.7 Å². The lowest BCUT2D eigenvalue weighted by molar-refractivity contribution is 0.101. The van der Waals surface area contributed by atoms with Gasteiger partial charge in [-0.1, -0.05) is 36.0 Å². The summed E-state index contributed by atoms with van der Waals surface area (Å²) in [4.78, 5) is 16.5. The van der Waals surface area contributed by atoms with E-state index in [1.54, 1.807) is 23.6 Å². The van der Waals surface area contributed by atoms with Crippen molar-refractivity contribution in [2.24, 2.45) is 0 Å². The molecule has 5 nitrogen and oxygen atoms in total. The molecule has 0 fully saturated rings. The van der Waals surface area contributed by atoms with Crippen LogP contribution in [0.2, 0.25) is 0 Å². The average molecular weight is 380 g/mol. The molecule has 0 saturated carbocycles. The van der Waals surface area contributed by atoms with Gasteiger partial charge < -0.3 is 4.98 Å². The minimum Gasteiger partial charge on any atom is -0.359 e. The topological polar surface area (TPSA) is 63.6 Å². The number of Topliss-reactive ketones (excluding diaryl/α,β-unsaturated/α-hetero) is 1. The highest BCUT2D eigenvalue weighted by atomic mass is 32.2. The maximum absolute atomic E-state index is 12.3. The molecule has 4 rings (SSSR count). The summed E-state index contributed by atoms with van der Waals surface area (Å²) in [6, 6.07) is 17.7. The van der Waals surface area contributed by atoms with Gasteiger partial charge in [0.05, 0.1) is 11.4 Å². The fraction of sp³-hybridized carbons (Fsp3) is 0.105. The number of nitrogens with zero attached hydrogens (tertiary/aromatic N) is 3. The van der Waals surface area contributed by atoms with Crippen LogP contribution in [0.5, 0.6) is 0 Å². The van der Waals surface area contributed by atoms with Gasteiger partial charge in [-0.3, -0.25) is 9.36 Å². The Morgan fingerprint density at radius 3 is 2.69 bits per heavy atom. The number of aromatic amines is 1. The number of carbonyl (C=O) groups is 1. The molecular formula is C19H16N4OS2. The molecule has 3 heterocycles. The number of nitrogens with one attached hydrogen (secondary N) is 1.